The molecule has 0 unspecified atom stereocenters. The summed E-state index contributed by atoms with van der Waals surface area (Å²) in [5, 5.41) is 0. The van der Waals surface area contributed by atoms with Crippen LogP contribution < -0.4 is 0 Å². The summed E-state index contributed by atoms with van der Waals surface area (Å²) in [5.41, 5.74) is 19.8. The van der Waals surface area contributed by atoms with Gasteiger partial charge in [0.15, 0.2) is 0 Å². The molecular weight excluding hydrogens is 336 g/mol. The van der Waals surface area contributed by atoms with Crippen molar-refractivity contribution < 1.29 is 0 Å². The van der Waals surface area contributed by atoms with Crippen LogP contribution in [0, 0.1) is 0 Å². The first kappa shape index (κ1) is 21.2. The minimum atomic E-state index is 1.16. The highest BCUT2D eigenvalue weighted by Crippen LogP contribution is 2.58. The van der Waals surface area contributed by atoms with E-state index in [9.17, 15) is 0 Å². The molecule has 0 aromatic heterocycles. The van der Waals surface area contributed by atoms with Crippen molar-refractivity contribution in [2.45, 2.75) is 107 Å². The Morgan fingerprint density at radius 1 is 0.250 bits per heavy atom. The monoisotopic (exact) mass is 376 g/mol. The molecule has 0 saturated carbocycles. The fourth-order valence-electron chi connectivity index (χ4n) is 6.24. The second-order valence-corrected chi connectivity index (χ2v) is 8.16. The van der Waals surface area contributed by atoms with Gasteiger partial charge >= 0.3 is 0 Å². The van der Waals surface area contributed by atoms with Crippen molar-refractivity contribution in [3.8, 4) is 22.3 Å². The zero-order valence-corrected chi connectivity index (χ0v) is 19.7. The average molecular weight is 377 g/mol. The lowest BCUT2D eigenvalue weighted by atomic mass is 9.65. The Balaban J connectivity index is 2.53. The van der Waals surface area contributed by atoms with E-state index >= 15 is 0 Å². The fraction of sp³-hybridized carbons (Fsp3) is 0.571. The van der Waals surface area contributed by atoms with Gasteiger partial charge in [0.05, 0.1) is 0 Å². The Kier molecular flexibility index (Phi) is 6.37. The highest BCUT2D eigenvalue weighted by Gasteiger charge is 2.36. The van der Waals surface area contributed by atoms with Crippen LogP contribution in [0.2, 0.25) is 0 Å². The summed E-state index contributed by atoms with van der Waals surface area (Å²) in [5.74, 6) is 0. The maximum absolute atomic E-state index is 2.37. The third kappa shape index (κ3) is 2.71. The first-order valence-corrected chi connectivity index (χ1v) is 12.0. The Bertz CT molecular complexity index is 732. The van der Waals surface area contributed by atoms with Crippen LogP contribution in [0.15, 0.2) is 0 Å². The van der Waals surface area contributed by atoms with Crippen molar-refractivity contribution in [1.29, 1.82) is 0 Å². The second kappa shape index (κ2) is 8.44. The van der Waals surface area contributed by atoms with Crippen LogP contribution in [0.5, 0.6) is 0 Å². The quantitative estimate of drug-likeness (QED) is 0.376. The second-order valence-electron chi connectivity index (χ2n) is 8.16. The SMILES string of the molecule is CCc1c(CC)c(CC)c2c(c1CC)-c1c(CC)c(CC)c(CC)c(CC)c1-2. The first-order valence-electron chi connectivity index (χ1n) is 12.0. The normalized spacial score (nSPS) is 12.0. The number of hydrogen-bond acceptors (Lipinski definition) is 0. The molecule has 3 rings (SSSR count). The topological polar surface area (TPSA) is 0 Å². The van der Waals surface area contributed by atoms with Crippen molar-refractivity contribution in [3.05, 3.63) is 44.5 Å². The van der Waals surface area contributed by atoms with Crippen LogP contribution in [0.1, 0.15) is 99.9 Å². The molecule has 0 atom stereocenters. The van der Waals surface area contributed by atoms with Crippen LogP contribution in [-0.4, -0.2) is 0 Å². The van der Waals surface area contributed by atoms with Crippen LogP contribution >= 0.6 is 0 Å². The first-order chi connectivity index (χ1) is 13.6. The molecule has 0 saturated heterocycles. The molecule has 1 aliphatic carbocycles. The van der Waals surface area contributed by atoms with Gasteiger partial charge in [-0.3, -0.25) is 0 Å². The van der Waals surface area contributed by atoms with Crippen LogP contribution in [0.4, 0.5) is 0 Å². The van der Waals surface area contributed by atoms with Gasteiger partial charge in [0, 0.05) is 0 Å². The lowest BCUT2D eigenvalue weighted by Crippen LogP contribution is -2.19. The van der Waals surface area contributed by atoms with Crippen molar-refractivity contribution >= 4 is 0 Å². The minimum Gasteiger partial charge on any atom is -0.0613 e. The van der Waals surface area contributed by atoms with E-state index in [0.717, 1.165) is 51.4 Å². The predicted octanol–water partition coefficient (Wildman–Crippen LogP) is 7.83. The largest absolute Gasteiger partial charge is 0.0613 e. The molecule has 152 valence electrons. The molecule has 0 radical (unpaired) electrons. The van der Waals surface area contributed by atoms with Crippen LogP contribution in [0.3, 0.4) is 0 Å². The van der Waals surface area contributed by atoms with Gasteiger partial charge < -0.3 is 0 Å². The molecule has 0 amide bonds. The van der Waals surface area contributed by atoms with Crippen molar-refractivity contribution in [2.75, 3.05) is 0 Å². The lowest BCUT2D eigenvalue weighted by molar-refractivity contribution is 0.922. The van der Waals surface area contributed by atoms with E-state index < -0.39 is 0 Å². The molecule has 0 nitrogen and oxygen atoms in total. The van der Waals surface area contributed by atoms with Gasteiger partial charge in [-0.05, 0) is 118 Å². The van der Waals surface area contributed by atoms with Crippen LogP contribution in [-0.2, 0) is 51.4 Å². The molecule has 0 heterocycles. The third-order valence-electron chi connectivity index (χ3n) is 7.22. The van der Waals surface area contributed by atoms with E-state index in [1.165, 1.54) is 0 Å². The Morgan fingerprint density at radius 3 is 0.500 bits per heavy atom. The summed E-state index contributed by atoms with van der Waals surface area (Å²) in [7, 11) is 0. The predicted molar refractivity (Wildman–Crippen MR) is 126 cm³/mol. The van der Waals surface area contributed by atoms with Crippen molar-refractivity contribution in [1.82, 2.24) is 0 Å². The average Bonchev–Trinajstić information content (AvgIpc) is 2.73. The summed E-state index contributed by atoms with van der Waals surface area (Å²) >= 11 is 0. The van der Waals surface area contributed by atoms with E-state index in [1.54, 1.807) is 66.8 Å². The lowest BCUT2D eigenvalue weighted by Gasteiger charge is -2.39. The Labute approximate surface area is 173 Å². The van der Waals surface area contributed by atoms with E-state index in [2.05, 4.69) is 55.4 Å². The van der Waals surface area contributed by atoms with Crippen molar-refractivity contribution in [2.24, 2.45) is 0 Å². The standard InChI is InChI=1S/C28H40/c1-9-17-18(10-2)22(14-6)26-25(21(17)13-5)27-23(15-7)19(11-3)20(12-4)24(16-8)28(26)27/h9-16H2,1-8H3. The van der Waals surface area contributed by atoms with E-state index in [-0.39, 0.29) is 0 Å². The van der Waals surface area contributed by atoms with Gasteiger partial charge in [-0.15, -0.1) is 0 Å². The molecule has 0 aliphatic heterocycles. The molecule has 28 heavy (non-hydrogen) atoms. The van der Waals surface area contributed by atoms with Gasteiger partial charge in [0.1, 0.15) is 0 Å². The zero-order chi connectivity index (χ0) is 20.6. The smallest absolute Gasteiger partial charge is 0.00581 e. The molecule has 1 aliphatic rings. The highest BCUT2D eigenvalue weighted by molar-refractivity contribution is 6.10. The van der Waals surface area contributed by atoms with Gasteiger partial charge in [0.25, 0.3) is 0 Å². The molecule has 2 aromatic rings. The molecule has 0 N–H and O–H groups in total. The minimum absolute atomic E-state index is 1.16. The summed E-state index contributed by atoms with van der Waals surface area (Å²) in [6.07, 6.45) is 9.28. The van der Waals surface area contributed by atoms with Gasteiger partial charge in [-0.2, -0.15) is 0 Å². The molecule has 0 heteroatoms. The number of fused-ring (bicyclic) bond motifs is 4. The van der Waals surface area contributed by atoms with E-state index in [0.29, 0.717) is 0 Å². The third-order valence-corrected chi connectivity index (χ3v) is 7.22. The number of rotatable bonds is 8. The molecule has 2 aromatic carbocycles. The zero-order valence-electron chi connectivity index (χ0n) is 19.7. The summed E-state index contributed by atoms with van der Waals surface area (Å²) in [6, 6.07) is 0. The van der Waals surface area contributed by atoms with Gasteiger partial charge in [-0.1, -0.05) is 55.4 Å². The maximum Gasteiger partial charge on any atom is -0.00581 e. The molecular formula is C28H40. The van der Waals surface area contributed by atoms with Gasteiger partial charge in [-0.25, -0.2) is 0 Å². The number of benzene rings is 2. The van der Waals surface area contributed by atoms with Gasteiger partial charge in [0.2, 0.25) is 0 Å². The summed E-state index contributed by atoms with van der Waals surface area (Å²) < 4.78 is 0. The summed E-state index contributed by atoms with van der Waals surface area (Å²) in [4.78, 5) is 0. The van der Waals surface area contributed by atoms with E-state index in [4.69, 9.17) is 0 Å². The molecule has 0 bridgehead atoms. The fourth-order valence-corrected chi connectivity index (χ4v) is 6.24. The highest BCUT2D eigenvalue weighted by atomic mass is 14.4. The molecule has 0 fully saturated rings. The summed E-state index contributed by atoms with van der Waals surface area (Å²) in [6.45, 7) is 18.9. The maximum atomic E-state index is 2.37. The van der Waals surface area contributed by atoms with E-state index in [1.807, 2.05) is 0 Å². The Morgan fingerprint density at radius 2 is 0.393 bits per heavy atom. The van der Waals surface area contributed by atoms with Crippen molar-refractivity contribution in [3.63, 3.8) is 0 Å². The number of hydrogen-bond donors (Lipinski definition) is 0. The molecule has 0 spiro atoms. The Hall–Kier alpha value is -1.56. The van der Waals surface area contributed by atoms with Crippen LogP contribution in [0.25, 0.3) is 22.3 Å².